The quantitative estimate of drug-likeness (QED) is 0.248. The van der Waals surface area contributed by atoms with Gasteiger partial charge >= 0.3 is 11.9 Å². The molecule has 0 aliphatic carbocycles. The number of aromatic hydroxyl groups is 1. The van der Waals surface area contributed by atoms with Crippen LogP contribution in [-0.2, 0) is 42.7 Å². The van der Waals surface area contributed by atoms with Gasteiger partial charge in [0.15, 0.2) is 12.6 Å². The van der Waals surface area contributed by atoms with Gasteiger partial charge in [-0.3, -0.25) is 0 Å². The second kappa shape index (κ2) is 13.1. The highest BCUT2D eigenvalue weighted by atomic mass is 16.8. The number of esters is 2. The van der Waals surface area contributed by atoms with E-state index in [-0.39, 0.29) is 11.3 Å². The van der Waals surface area contributed by atoms with Crippen molar-refractivity contribution in [2.75, 3.05) is 20.8 Å². The molecule has 2 saturated heterocycles. The second-order valence-electron chi connectivity index (χ2n) is 9.70. The summed E-state index contributed by atoms with van der Waals surface area (Å²) in [5.74, 6) is -2.23. The third-order valence-corrected chi connectivity index (χ3v) is 7.18. The molecule has 3 aliphatic rings. The van der Waals surface area contributed by atoms with Gasteiger partial charge in [-0.15, -0.1) is 0 Å². The fraction of sp³-hybridized carbons (Fsp3) is 0.556. The van der Waals surface area contributed by atoms with Crippen LogP contribution in [0.4, 0.5) is 0 Å². The van der Waals surface area contributed by atoms with Crippen LogP contribution >= 0.6 is 0 Å². The predicted molar refractivity (Wildman–Crippen MR) is 134 cm³/mol. The van der Waals surface area contributed by atoms with Gasteiger partial charge in [0.05, 0.1) is 31.0 Å². The van der Waals surface area contributed by atoms with Crippen molar-refractivity contribution in [1.29, 1.82) is 0 Å². The molecule has 4 N–H and O–H groups in total. The first-order valence-electron chi connectivity index (χ1n) is 12.7. The van der Waals surface area contributed by atoms with E-state index in [1.165, 1.54) is 38.7 Å². The molecule has 3 aliphatic heterocycles. The molecule has 13 heteroatoms. The molecule has 0 bridgehead atoms. The number of fused-ring (bicyclic) bond motifs is 1. The van der Waals surface area contributed by atoms with Crippen LogP contribution in [0.25, 0.3) is 6.08 Å². The lowest BCUT2D eigenvalue weighted by molar-refractivity contribution is -0.353. The van der Waals surface area contributed by atoms with Gasteiger partial charge in [0.1, 0.15) is 36.8 Å². The van der Waals surface area contributed by atoms with Crippen LogP contribution < -0.4 is 0 Å². The molecular weight excluding hydrogens is 532 g/mol. The van der Waals surface area contributed by atoms with Crippen LogP contribution in [0.2, 0.25) is 0 Å². The summed E-state index contributed by atoms with van der Waals surface area (Å²) >= 11 is 0. The van der Waals surface area contributed by atoms with E-state index in [0.29, 0.717) is 12.0 Å². The van der Waals surface area contributed by atoms with Crippen LogP contribution in [0.15, 0.2) is 42.2 Å². The molecule has 3 heterocycles. The number of aliphatic hydroxyl groups is 3. The van der Waals surface area contributed by atoms with Gasteiger partial charge in [0.2, 0.25) is 6.29 Å². The van der Waals surface area contributed by atoms with E-state index in [1.54, 1.807) is 19.1 Å². The van der Waals surface area contributed by atoms with Gasteiger partial charge in [0.25, 0.3) is 0 Å². The Morgan fingerprint density at radius 2 is 1.75 bits per heavy atom. The summed E-state index contributed by atoms with van der Waals surface area (Å²) in [5, 5.41) is 40.8. The second-order valence-corrected chi connectivity index (χ2v) is 9.70. The van der Waals surface area contributed by atoms with E-state index in [2.05, 4.69) is 0 Å². The third kappa shape index (κ3) is 6.63. The van der Waals surface area contributed by atoms with Gasteiger partial charge in [-0.25, -0.2) is 9.59 Å². The summed E-state index contributed by atoms with van der Waals surface area (Å²) in [6, 6.07) is 6.12. The number of methoxy groups -OCH3 is 2. The molecule has 220 valence electrons. The van der Waals surface area contributed by atoms with Gasteiger partial charge in [-0.1, -0.05) is 12.1 Å². The molecule has 0 saturated carbocycles. The SMILES string of the molecule is COC(=O)C1=CO[C@@H](O[C@@H]2O[C@H](COC(=O)/C=C\c3ccc(O)cc3)[C@@H](O)[C@H](O)[C@@H]2O)[C@@H]2[C@H](C)O[C@@H](OC)C[C@H]12. The average Bonchev–Trinajstić information content (AvgIpc) is 2.95. The van der Waals surface area contributed by atoms with Crippen molar-refractivity contribution in [3.8, 4) is 5.75 Å². The highest BCUT2D eigenvalue weighted by molar-refractivity contribution is 5.89. The average molecular weight is 567 g/mol. The highest BCUT2D eigenvalue weighted by Gasteiger charge is 2.52. The minimum atomic E-state index is -1.69. The molecule has 10 atom stereocenters. The topological polar surface area (TPSA) is 180 Å². The van der Waals surface area contributed by atoms with E-state index in [4.69, 9.17) is 33.2 Å². The molecule has 0 spiro atoms. The molecule has 13 nitrogen and oxygen atoms in total. The Morgan fingerprint density at radius 3 is 2.42 bits per heavy atom. The molecule has 40 heavy (non-hydrogen) atoms. The van der Waals surface area contributed by atoms with Crippen LogP contribution in [-0.4, -0.2) is 103 Å². The predicted octanol–water partition coefficient (Wildman–Crippen LogP) is 0.200. The van der Waals surface area contributed by atoms with Gasteiger partial charge in [0, 0.05) is 25.5 Å². The number of carbonyl (C=O) groups is 2. The molecule has 0 amide bonds. The molecule has 1 aromatic carbocycles. The zero-order valence-electron chi connectivity index (χ0n) is 22.2. The number of ether oxygens (including phenoxy) is 7. The molecule has 0 unspecified atom stereocenters. The molecular formula is C27H34O13. The van der Waals surface area contributed by atoms with E-state index in [0.717, 1.165) is 6.08 Å². The summed E-state index contributed by atoms with van der Waals surface area (Å²) < 4.78 is 38.6. The Kier molecular flexibility index (Phi) is 9.79. The lowest BCUT2D eigenvalue weighted by Gasteiger charge is -2.47. The van der Waals surface area contributed by atoms with Crippen molar-refractivity contribution in [1.82, 2.24) is 0 Å². The van der Waals surface area contributed by atoms with Crippen molar-refractivity contribution in [2.24, 2.45) is 11.8 Å². The number of phenolic OH excluding ortho intramolecular Hbond substituents is 1. The largest absolute Gasteiger partial charge is 0.508 e. The standard InChI is InChI=1S/C27H34O13/c1-13-21-16(10-20(34-2)38-13)17(25(33)35-3)11-37-26(21)40-27-24(32)23(31)22(30)18(39-27)12-36-19(29)9-6-14-4-7-15(28)8-5-14/h4-9,11,13,16,18,20-24,26-28,30-32H,10,12H2,1-3H3/b9-6-/t13-,16+,18+,20+,21+,22+,23-,24-,26-,27-/m0/s1. The summed E-state index contributed by atoms with van der Waals surface area (Å²) in [5.41, 5.74) is 0.916. The highest BCUT2D eigenvalue weighted by Crippen LogP contribution is 2.43. The van der Waals surface area contributed by atoms with Crippen molar-refractivity contribution in [3.63, 3.8) is 0 Å². The number of hydrogen-bond acceptors (Lipinski definition) is 13. The Labute approximate surface area is 230 Å². The van der Waals surface area contributed by atoms with Crippen LogP contribution in [0.5, 0.6) is 5.75 Å². The lowest BCUT2D eigenvalue weighted by atomic mass is 9.77. The fourth-order valence-corrected chi connectivity index (χ4v) is 4.99. The summed E-state index contributed by atoms with van der Waals surface area (Å²) in [4.78, 5) is 24.6. The first-order valence-corrected chi connectivity index (χ1v) is 12.7. The van der Waals surface area contributed by atoms with Crippen molar-refractivity contribution in [3.05, 3.63) is 47.7 Å². The maximum Gasteiger partial charge on any atom is 0.337 e. The van der Waals surface area contributed by atoms with E-state index in [9.17, 15) is 30.0 Å². The van der Waals surface area contributed by atoms with E-state index < -0.39 is 79.8 Å². The first-order chi connectivity index (χ1) is 19.1. The number of benzene rings is 1. The number of hydrogen-bond donors (Lipinski definition) is 4. The normalized spacial score (nSPS) is 35.8. The van der Waals surface area contributed by atoms with Crippen molar-refractivity contribution >= 4 is 18.0 Å². The summed E-state index contributed by atoms with van der Waals surface area (Å²) in [6.07, 6.45) is -5.70. The number of phenols is 1. The van der Waals surface area contributed by atoms with Crippen LogP contribution in [0.3, 0.4) is 0 Å². The van der Waals surface area contributed by atoms with Crippen LogP contribution in [0, 0.1) is 11.8 Å². The summed E-state index contributed by atoms with van der Waals surface area (Å²) in [6.45, 7) is 1.30. The van der Waals surface area contributed by atoms with Crippen LogP contribution in [0.1, 0.15) is 18.9 Å². The van der Waals surface area contributed by atoms with Crippen molar-refractivity contribution in [2.45, 2.75) is 62.7 Å². The van der Waals surface area contributed by atoms with Gasteiger partial charge < -0.3 is 53.6 Å². The smallest absolute Gasteiger partial charge is 0.337 e. The fourth-order valence-electron chi connectivity index (χ4n) is 4.99. The molecule has 0 aromatic heterocycles. The Morgan fingerprint density at radius 1 is 1.02 bits per heavy atom. The Bertz CT molecular complexity index is 1090. The maximum atomic E-state index is 12.4. The molecule has 4 rings (SSSR count). The zero-order valence-corrected chi connectivity index (χ0v) is 22.2. The number of aliphatic hydroxyl groups excluding tert-OH is 3. The third-order valence-electron chi connectivity index (χ3n) is 7.18. The Hall–Kier alpha value is -3.04. The minimum absolute atomic E-state index is 0.0828. The lowest BCUT2D eigenvalue weighted by Crippen LogP contribution is -2.61. The van der Waals surface area contributed by atoms with Gasteiger partial charge in [-0.05, 0) is 30.7 Å². The van der Waals surface area contributed by atoms with Gasteiger partial charge in [-0.2, -0.15) is 0 Å². The number of carbonyl (C=O) groups excluding carboxylic acids is 2. The summed E-state index contributed by atoms with van der Waals surface area (Å²) in [7, 11) is 2.74. The molecule has 0 radical (unpaired) electrons. The van der Waals surface area contributed by atoms with E-state index in [1.807, 2.05) is 0 Å². The maximum absolute atomic E-state index is 12.4. The Balaban J connectivity index is 1.42. The zero-order chi connectivity index (χ0) is 29.0. The minimum Gasteiger partial charge on any atom is -0.508 e. The first kappa shape index (κ1) is 29.9. The van der Waals surface area contributed by atoms with E-state index >= 15 is 0 Å². The number of rotatable bonds is 8. The molecule has 2 fully saturated rings. The molecule has 1 aromatic rings. The van der Waals surface area contributed by atoms with Crippen molar-refractivity contribution < 1.29 is 63.2 Å². The monoisotopic (exact) mass is 566 g/mol.